The number of carboxylic acids is 1. The number of fused-ring (bicyclic) bond motifs is 6. The molecule has 0 fully saturated rings. The van der Waals surface area contributed by atoms with Gasteiger partial charge >= 0.3 is 5.97 Å². The number of hydrogen-bond acceptors (Lipinski definition) is 15. The highest BCUT2D eigenvalue weighted by atomic mass is 35.5. The van der Waals surface area contributed by atoms with Crippen molar-refractivity contribution in [1.82, 2.24) is 30.1 Å². The first-order valence-corrected chi connectivity index (χ1v) is 19.5. The second-order valence-electron chi connectivity index (χ2n) is 13.8. The number of ether oxygens (including phenoxy) is 2. The SMILES string of the molecule is O=C(O)[C@H]1Cc2cc(ccc2OCc2ccnc(-c3ccccc3OO)n2)CN(CCN(O)O)Cc2ccc(c(O)c2Cl)-c2c(-c3ccc(F)cc3)sc3ncnc(c23)O1. The van der Waals surface area contributed by atoms with Crippen molar-refractivity contribution in [2.45, 2.75) is 32.2 Å². The standard InChI is InChI=1S/C42H34ClFN6O9S/c43-36-25-8-11-30(37(36)51)34-35-40(46-22-47-41(35)60-38(34)24-6-9-27(44)10-7-24)58-33(42(52)53)18-26-17-23(19-49(20-25)15-16-50(54)55)5-12-31(26)57-21-28-13-14-45-39(48-28)29-3-1-2-4-32(29)59-56/h1-14,17,22,33,51,54-56H,15-16,18-21H2,(H,52,53)/t33-/m1/s1. The van der Waals surface area contributed by atoms with Crippen LogP contribution in [-0.2, 0) is 30.9 Å². The molecule has 2 aliphatic heterocycles. The van der Waals surface area contributed by atoms with E-state index in [2.05, 4.69) is 24.8 Å². The molecule has 306 valence electrons. The number of phenolic OH excluding ortho intramolecular Hbond substituents is 1. The molecule has 5 N–H and O–H groups in total. The van der Waals surface area contributed by atoms with Gasteiger partial charge in [0.1, 0.15) is 35.1 Å². The normalized spacial score (nSPS) is 14.3. The third-order valence-electron chi connectivity index (χ3n) is 9.82. The van der Waals surface area contributed by atoms with Crippen molar-refractivity contribution in [2.24, 2.45) is 0 Å². The lowest BCUT2D eigenvalue weighted by atomic mass is 9.97. The number of benzene rings is 4. The third-order valence-corrected chi connectivity index (χ3v) is 11.4. The maximum Gasteiger partial charge on any atom is 0.345 e. The summed E-state index contributed by atoms with van der Waals surface area (Å²) < 4.78 is 26.7. The summed E-state index contributed by atoms with van der Waals surface area (Å²) in [5, 5.41) is 51.5. The number of phenols is 1. The number of rotatable bonds is 10. The highest BCUT2D eigenvalue weighted by Gasteiger charge is 2.30. The molecule has 0 aliphatic carbocycles. The number of hydroxylamine groups is 2. The van der Waals surface area contributed by atoms with E-state index in [9.17, 15) is 35.1 Å². The first-order chi connectivity index (χ1) is 29.1. The monoisotopic (exact) mass is 852 g/mol. The van der Waals surface area contributed by atoms with Crippen LogP contribution in [0, 0.1) is 5.82 Å². The number of halogens is 2. The zero-order valence-corrected chi connectivity index (χ0v) is 32.8. The van der Waals surface area contributed by atoms with Gasteiger partial charge in [-0.3, -0.25) is 15.3 Å². The Balaban J connectivity index is 1.24. The smallest absolute Gasteiger partial charge is 0.345 e. The Labute approximate surface area is 349 Å². The number of hydrogen-bond donors (Lipinski definition) is 5. The third kappa shape index (κ3) is 8.54. The zero-order chi connectivity index (χ0) is 41.9. The summed E-state index contributed by atoms with van der Waals surface area (Å²) >= 11 is 8.14. The molecule has 1 atom stereocenters. The van der Waals surface area contributed by atoms with Gasteiger partial charge in [0.15, 0.2) is 11.6 Å². The van der Waals surface area contributed by atoms with E-state index in [0.29, 0.717) is 59.9 Å². The maximum absolute atomic E-state index is 14.1. The summed E-state index contributed by atoms with van der Waals surface area (Å²) in [6, 6.07) is 22.8. The van der Waals surface area contributed by atoms with E-state index >= 15 is 0 Å². The second kappa shape index (κ2) is 17.5. The molecular formula is C42H34ClFN6O9S. The van der Waals surface area contributed by atoms with Crippen LogP contribution in [0.25, 0.3) is 43.2 Å². The second-order valence-corrected chi connectivity index (χ2v) is 15.1. The lowest BCUT2D eigenvalue weighted by Crippen LogP contribution is -2.32. The molecule has 0 saturated carbocycles. The molecule has 15 nitrogen and oxygen atoms in total. The molecule has 7 aromatic rings. The van der Waals surface area contributed by atoms with E-state index in [4.69, 9.17) is 21.1 Å². The minimum Gasteiger partial charge on any atom is -0.506 e. The van der Waals surface area contributed by atoms with Gasteiger partial charge in [-0.15, -0.1) is 11.3 Å². The summed E-state index contributed by atoms with van der Waals surface area (Å²) in [6.07, 6.45) is 1.07. The minimum absolute atomic E-state index is 0.0336. The molecule has 9 rings (SSSR count). The number of thiophene rings is 1. The number of carboxylic acid groups (broad SMARTS) is 1. The van der Waals surface area contributed by atoms with Crippen molar-refractivity contribution in [2.75, 3.05) is 13.1 Å². The summed E-state index contributed by atoms with van der Waals surface area (Å²) in [5.74, 6) is -1.31. The molecule has 5 heterocycles. The molecule has 0 radical (unpaired) electrons. The van der Waals surface area contributed by atoms with Crippen molar-refractivity contribution in [3.63, 3.8) is 0 Å². The number of carbonyl (C=O) groups is 1. The van der Waals surface area contributed by atoms with Crippen LogP contribution in [0.2, 0.25) is 5.02 Å². The summed E-state index contributed by atoms with van der Waals surface area (Å²) in [7, 11) is 0. The van der Waals surface area contributed by atoms with Gasteiger partial charge in [-0.25, -0.2) is 34.4 Å². The number of para-hydroxylation sites is 1. The Morgan fingerprint density at radius 3 is 2.57 bits per heavy atom. The molecule has 0 amide bonds. The van der Waals surface area contributed by atoms with Crippen molar-refractivity contribution in [3.8, 4) is 56.1 Å². The predicted octanol–water partition coefficient (Wildman–Crippen LogP) is 7.88. The molecule has 4 bridgehead atoms. The topological polar surface area (TPSA) is 204 Å². The van der Waals surface area contributed by atoms with Crippen molar-refractivity contribution in [1.29, 1.82) is 0 Å². The first kappa shape index (κ1) is 40.5. The molecule has 18 heteroatoms. The van der Waals surface area contributed by atoms with E-state index in [1.165, 1.54) is 29.8 Å². The average Bonchev–Trinajstić information content (AvgIpc) is 3.64. The van der Waals surface area contributed by atoms with Crippen LogP contribution in [0.15, 0.2) is 97.5 Å². The fourth-order valence-corrected chi connectivity index (χ4v) is 8.34. The van der Waals surface area contributed by atoms with Crippen molar-refractivity contribution < 1.29 is 49.4 Å². The van der Waals surface area contributed by atoms with Gasteiger partial charge in [0.05, 0.1) is 28.2 Å². The molecule has 60 heavy (non-hydrogen) atoms. The van der Waals surface area contributed by atoms with Gasteiger partial charge in [-0.2, -0.15) is 0 Å². The molecule has 4 aromatic carbocycles. The molecular weight excluding hydrogens is 819 g/mol. The van der Waals surface area contributed by atoms with Gasteiger partial charge in [-0.1, -0.05) is 65.4 Å². The minimum atomic E-state index is -1.52. The Morgan fingerprint density at radius 2 is 1.78 bits per heavy atom. The first-order valence-electron chi connectivity index (χ1n) is 18.3. The number of nitrogens with zero attached hydrogens (tertiary/aromatic N) is 6. The Bertz CT molecular complexity index is 2700. The van der Waals surface area contributed by atoms with Gasteiger partial charge < -0.3 is 24.6 Å². The van der Waals surface area contributed by atoms with Gasteiger partial charge in [0, 0.05) is 48.3 Å². The summed E-state index contributed by atoms with van der Waals surface area (Å²) in [6.45, 7) is 0.331. The summed E-state index contributed by atoms with van der Waals surface area (Å²) in [5.41, 5.74) is 3.91. The van der Waals surface area contributed by atoms with Gasteiger partial charge in [-0.05, 0) is 58.7 Å². The van der Waals surface area contributed by atoms with Crippen molar-refractivity contribution >= 4 is 39.1 Å². The van der Waals surface area contributed by atoms with Crippen LogP contribution in [-0.4, -0.2) is 81.1 Å². The van der Waals surface area contributed by atoms with Crippen LogP contribution in [0.5, 0.6) is 23.1 Å². The Hall–Kier alpha value is -6.31. The number of aromatic hydroxyl groups is 1. The molecule has 0 unspecified atom stereocenters. The van der Waals surface area contributed by atoms with E-state index in [0.717, 1.165) is 0 Å². The van der Waals surface area contributed by atoms with E-state index in [1.807, 2.05) is 4.90 Å². The fourth-order valence-electron chi connectivity index (χ4n) is 6.97. The lowest BCUT2D eigenvalue weighted by molar-refractivity contribution is -0.307. The fraction of sp³-hybridized carbons (Fsp3) is 0.167. The maximum atomic E-state index is 14.1. The summed E-state index contributed by atoms with van der Waals surface area (Å²) in [4.78, 5) is 38.2. The van der Waals surface area contributed by atoms with E-state index in [1.54, 1.807) is 79.0 Å². The quantitative estimate of drug-likeness (QED) is 0.0656. The number of aliphatic carboxylic acids is 1. The van der Waals surface area contributed by atoms with Crippen LogP contribution >= 0.6 is 22.9 Å². The highest BCUT2D eigenvalue weighted by molar-refractivity contribution is 7.22. The Morgan fingerprint density at radius 1 is 0.967 bits per heavy atom. The van der Waals surface area contributed by atoms with Crippen LogP contribution in [0.3, 0.4) is 0 Å². The van der Waals surface area contributed by atoms with Crippen LogP contribution in [0.4, 0.5) is 4.39 Å². The van der Waals surface area contributed by atoms with Crippen LogP contribution in [0.1, 0.15) is 22.4 Å². The number of aromatic nitrogens is 4. The molecule has 0 spiro atoms. The van der Waals surface area contributed by atoms with E-state index in [-0.39, 0.29) is 78.2 Å². The lowest BCUT2D eigenvalue weighted by Gasteiger charge is -2.25. The van der Waals surface area contributed by atoms with E-state index < -0.39 is 17.9 Å². The zero-order valence-electron chi connectivity index (χ0n) is 31.3. The molecule has 2 aliphatic rings. The van der Waals surface area contributed by atoms with Gasteiger partial charge in [0.2, 0.25) is 12.0 Å². The van der Waals surface area contributed by atoms with Crippen molar-refractivity contribution in [3.05, 3.63) is 131 Å². The molecule has 3 aromatic heterocycles. The Kier molecular flexibility index (Phi) is 11.8. The van der Waals surface area contributed by atoms with Crippen LogP contribution < -0.4 is 14.4 Å². The van der Waals surface area contributed by atoms with Gasteiger partial charge in [0.25, 0.3) is 0 Å². The molecule has 0 saturated heterocycles. The average molecular weight is 853 g/mol. The highest BCUT2D eigenvalue weighted by Crippen LogP contribution is 2.51. The largest absolute Gasteiger partial charge is 0.506 e. The predicted molar refractivity (Wildman–Crippen MR) is 217 cm³/mol.